The van der Waals surface area contributed by atoms with Gasteiger partial charge in [0.25, 0.3) is 11.1 Å². The van der Waals surface area contributed by atoms with Gasteiger partial charge in [-0.3, -0.25) is 14.5 Å². The Morgan fingerprint density at radius 1 is 0.886 bits per heavy atom. The van der Waals surface area contributed by atoms with Gasteiger partial charge in [-0.1, -0.05) is 64.6 Å². The highest BCUT2D eigenvalue weighted by molar-refractivity contribution is 8.18. The fourth-order valence-corrected chi connectivity index (χ4v) is 4.99. The first kappa shape index (κ1) is 25.7. The van der Waals surface area contributed by atoms with Gasteiger partial charge < -0.3 is 9.47 Å². The molecule has 1 aliphatic rings. The molecule has 35 heavy (non-hydrogen) atoms. The number of thioether (sulfide) groups is 1. The highest BCUT2D eigenvalue weighted by Crippen LogP contribution is 2.36. The van der Waals surface area contributed by atoms with Gasteiger partial charge in [0, 0.05) is 15.6 Å². The van der Waals surface area contributed by atoms with Gasteiger partial charge in [0.1, 0.15) is 6.61 Å². The molecule has 2 amide bonds. The van der Waals surface area contributed by atoms with Gasteiger partial charge in [-0.25, -0.2) is 0 Å². The van der Waals surface area contributed by atoms with Crippen LogP contribution in [0.3, 0.4) is 0 Å². The third-order valence-electron chi connectivity index (χ3n) is 5.12. The van der Waals surface area contributed by atoms with Crippen LogP contribution >= 0.6 is 58.2 Å². The van der Waals surface area contributed by atoms with Gasteiger partial charge in [-0.15, -0.1) is 0 Å². The van der Waals surface area contributed by atoms with Gasteiger partial charge in [0.15, 0.2) is 11.5 Å². The number of methoxy groups -OCH3 is 1. The molecule has 0 N–H and O–H groups in total. The number of carbonyl (C=O) groups is 2. The maximum absolute atomic E-state index is 12.9. The summed E-state index contributed by atoms with van der Waals surface area (Å²) in [6, 6.07) is 15.4. The highest BCUT2D eigenvalue weighted by atomic mass is 35.5. The van der Waals surface area contributed by atoms with E-state index in [0.717, 1.165) is 16.7 Å². The minimum atomic E-state index is -0.396. The van der Waals surface area contributed by atoms with Gasteiger partial charge in [0.05, 0.1) is 28.6 Å². The van der Waals surface area contributed by atoms with Crippen molar-refractivity contribution >= 4 is 75.4 Å². The van der Waals surface area contributed by atoms with Gasteiger partial charge in [-0.2, -0.15) is 0 Å². The average molecular weight is 569 g/mol. The molecule has 5 nitrogen and oxygen atoms in total. The van der Waals surface area contributed by atoms with E-state index in [2.05, 4.69) is 0 Å². The third kappa shape index (κ3) is 5.90. The van der Waals surface area contributed by atoms with Gasteiger partial charge in [0.2, 0.25) is 0 Å². The maximum atomic E-state index is 12.9. The number of hydrogen-bond acceptors (Lipinski definition) is 5. The molecular weight excluding hydrogens is 552 g/mol. The van der Waals surface area contributed by atoms with Crippen LogP contribution in [0.25, 0.3) is 6.08 Å². The van der Waals surface area contributed by atoms with Crippen LogP contribution in [0.1, 0.15) is 16.7 Å². The van der Waals surface area contributed by atoms with Crippen molar-refractivity contribution in [3.05, 3.63) is 96.3 Å². The number of imide groups is 1. The fraction of sp³-hybridized carbons (Fsp3) is 0.120. The summed E-state index contributed by atoms with van der Waals surface area (Å²) in [6.45, 7) is 0.215. The second-order valence-electron chi connectivity index (χ2n) is 7.42. The molecule has 4 rings (SSSR count). The summed E-state index contributed by atoms with van der Waals surface area (Å²) in [6.07, 6.45) is 1.63. The molecule has 1 heterocycles. The first-order valence-corrected chi connectivity index (χ1v) is 12.5. The monoisotopic (exact) mass is 567 g/mol. The first-order chi connectivity index (χ1) is 16.8. The SMILES string of the molecule is COc1ccc(/C=C2\SC(=O)N(Cc3ccc(Cl)c(Cl)c3)C2=O)cc1OCc1c(Cl)cccc1Cl. The summed E-state index contributed by atoms with van der Waals surface area (Å²) in [4.78, 5) is 26.9. The molecule has 3 aromatic rings. The van der Waals surface area contributed by atoms with Crippen molar-refractivity contribution in [1.29, 1.82) is 0 Å². The van der Waals surface area contributed by atoms with E-state index in [1.807, 2.05) is 0 Å². The zero-order valence-corrected chi connectivity index (χ0v) is 22.0. The Morgan fingerprint density at radius 2 is 1.63 bits per heavy atom. The lowest BCUT2D eigenvalue weighted by molar-refractivity contribution is -0.123. The number of rotatable bonds is 7. The van der Waals surface area contributed by atoms with Crippen molar-refractivity contribution in [2.45, 2.75) is 13.2 Å². The lowest BCUT2D eigenvalue weighted by Gasteiger charge is -2.13. The molecule has 0 atom stereocenters. The zero-order chi connectivity index (χ0) is 25.1. The van der Waals surface area contributed by atoms with Crippen LogP contribution in [-0.2, 0) is 17.9 Å². The van der Waals surface area contributed by atoms with Crippen LogP contribution in [0.2, 0.25) is 20.1 Å². The van der Waals surface area contributed by atoms with E-state index in [1.54, 1.807) is 60.7 Å². The summed E-state index contributed by atoms with van der Waals surface area (Å²) in [5.41, 5.74) is 2.00. The Labute approximate surface area is 226 Å². The molecule has 1 saturated heterocycles. The molecule has 0 radical (unpaired) electrons. The normalized spacial score (nSPS) is 14.7. The Balaban J connectivity index is 1.54. The van der Waals surface area contributed by atoms with E-state index in [-0.39, 0.29) is 18.4 Å². The number of amides is 2. The minimum absolute atomic E-state index is 0.0917. The van der Waals surface area contributed by atoms with E-state index in [4.69, 9.17) is 55.9 Å². The Kier molecular flexibility index (Phi) is 8.19. The molecule has 0 aromatic heterocycles. The molecular formula is C25H17Cl4NO4S. The highest BCUT2D eigenvalue weighted by Gasteiger charge is 2.35. The van der Waals surface area contributed by atoms with Crippen molar-refractivity contribution in [2.24, 2.45) is 0 Å². The average Bonchev–Trinajstić information content (AvgIpc) is 3.08. The predicted octanol–water partition coefficient (Wildman–Crippen LogP) is 8.12. The lowest BCUT2D eigenvalue weighted by atomic mass is 10.1. The van der Waals surface area contributed by atoms with Gasteiger partial charge >= 0.3 is 0 Å². The second-order valence-corrected chi connectivity index (χ2v) is 10.0. The van der Waals surface area contributed by atoms with Crippen LogP contribution in [-0.4, -0.2) is 23.2 Å². The molecule has 0 bridgehead atoms. The second kappa shape index (κ2) is 11.1. The number of hydrogen-bond donors (Lipinski definition) is 0. The van der Waals surface area contributed by atoms with Crippen LogP contribution < -0.4 is 9.47 Å². The Hall–Kier alpha value is -2.35. The maximum Gasteiger partial charge on any atom is 0.293 e. The van der Waals surface area contributed by atoms with Crippen LogP contribution in [0, 0.1) is 0 Å². The molecule has 0 unspecified atom stereocenters. The largest absolute Gasteiger partial charge is 0.493 e. The minimum Gasteiger partial charge on any atom is -0.493 e. The van der Waals surface area contributed by atoms with Crippen molar-refractivity contribution in [1.82, 2.24) is 4.90 Å². The number of benzene rings is 3. The van der Waals surface area contributed by atoms with Crippen molar-refractivity contribution in [3.63, 3.8) is 0 Å². The molecule has 1 aliphatic heterocycles. The smallest absolute Gasteiger partial charge is 0.293 e. The van der Waals surface area contributed by atoms with E-state index < -0.39 is 5.91 Å². The van der Waals surface area contributed by atoms with Crippen molar-refractivity contribution < 1.29 is 19.1 Å². The topological polar surface area (TPSA) is 55.8 Å². The standard InChI is InChI=1S/C25H17Cl4NO4S/c1-33-21-8-6-14(10-22(21)34-13-16-17(26)3-2-4-18(16)27)11-23-24(31)30(25(32)35-23)12-15-5-7-19(28)20(29)9-15/h2-11H,12-13H2,1H3/b23-11-. The first-order valence-electron chi connectivity index (χ1n) is 10.2. The van der Waals surface area contributed by atoms with E-state index in [0.29, 0.717) is 53.2 Å². The number of nitrogens with zero attached hydrogens (tertiary/aromatic N) is 1. The predicted molar refractivity (Wildman–Crippen MR) is 142 cm³/mol. The molecule has 0 aliphatic carbocycles. The third-order valence-corrected chi connectivity index (χ3v) is 7.47. The molecule has 0 spiro atoms. The van der Waals surface area contributed by atoms with Crippen LogP contribution in [0.4, 0.5) is 4.79 Å². The molecule has 3 aromatic carbocycles. The molecule has 0 saturated carbocycles. The zero-order valence-electron chi connectivity index (χ0n) is 18.2. The van der Waals surface area contributed by atoms with Crippen molar-refractivity contribution in [2.75, 3.05) is 7.11 Å². The summed E-state index contributed by atoms with van der Waals surface area (Å²) in [5.74, 6) is 0.539. The van der Waals surface area contributed by atoms with Crippen LogP contribution in [0.5, 0.6) is 11.5 Å². The summed E-state index contributed by atoms with van der Waals surface area (Å²) < 4.78 is 11.3. The molecule has 10 heteroatoms. The Morgan fingerprint density at radius 3 is 2.31 bits per heavy atom. The quantitative estimate of drug-likeness (QED) is 0.269. The number of ether oxygens (including phenoxy) is 2. The molecule has 1 fully saturated rings. The van der Waals surface area contributed by atoms with E-state index in [1.165, 1.54) is 7.11 Å². The van der Waals surface area contributed by atoms with E-state index >= 15 is 0 Å². The molecule has 180 valence electrons. The van der Waals surface area contributed by atoms with Crippen LogP contribution in [0.15, 0.2) is 59.5 Å². The summed E-state index contributed by atoms with van der Waals surface area (Å²) in [5, 5.41) is 1.37. The summed E-state index contributed by atoms with van der Waals surface area (Å²) in [7, 11) is 1.53. The lowest BCUT2D eigenvalue weighted by Crippen LogP contribution is -2.27. The van der Waals surface area contributed by atoms with Crippen molar-refractivity contribution in [3.8, 4) is 11.5 Å². The summed E-state index contributed by atoms with van der Waals surface area (Å²) >= 11 is 25.3. The number of carbonyl (C=O) groups excluding carboxylic acids is 2. The van der Waals surface area contributed by atoms with E-state index in [9.17, 15) is 9.59 Å². The fourth-order valence-electron chi connectivity index (χ4n) is 3.32. The van der Waals surface area contributed by atoms with Gasteiger partial charge in [-0.05, 0) is 65.4 Å². The number of halogens is 4. The Bertz CT molecular complexity index is 1320.